The second-order valence-corrected chi connectivity index (χ2v) is 10.2. The Labute approximate surface area is 167 Å². The van der Waals surface area contributed by atoms with Gasteiger partial charge in [-0.3, -0.25) is 14.5 Å². The van der Waals surface area contributed by atoms with Gasteiger partial charge >= 0.3 is 0 Å². The first-order valence-electron chi connectivity index (χ1n) is 9.69. The summed E-state index contributed by atoms with van der Waals surface area (Å²) in [5, 5.41) is 3.05. The minimum atomic E-state index is -3.61. The summed E-state index contributed by atoms with van der Waals surface area (Å²) >= 11 is 0. The minimum Gasteiger partial charge on any atom is -0.351 e. The Bertz CT molecular complexity index is 893. The molecule has 2 aliphatic rings. The molecule has 154 valence electrons. The predicted octanol–water partition coefficient (Wildman–Crippen LogP) is 1.73. The Morgan fingerprint density at radius 2 is 1.82 bits per heavy atom. The van der Waals surface area contributed by atoms with E-state index in [0.29, 0.717) is 5.69 Å². The largest absolute Gasteiger partial charge is 0.351 e. The number of hydrogen-bond acceptors (Lipinski definition) is 4. The molecule has 1 saturated heterocycles. The highest BCUT2D eigenvalue weighted by Crippen LogP contribution is 2.32. The summed E-state index contributed by atoms with van der Waals surface area (Å²) in [4.78, 5) is 27.8. The van der Waals surface area contributed by atoms with Crippen molar-refractivity contribution >= 4 is 27.5 Å². The molecule has 0 radical (unpaired) electrons. The van der Waals surface area contributed by atoms with Crippen molar-refractivity contribution in [3.8, 4) is 0 Å². The Morgan fingerprint density at radius 3 is 2.39 bits per heavy atom. The Morgan fingerprint density at radius 1 is 1.18 bits per heavy atom. The molecule has 8 heteroatoms. The van der Waals surface area contributed by atoms with Gasteiger partial charge in [-0.25, -0.2) is 8.42 Å². The molecule has 1 heterocycles. The van der Waals surface area contributed by atoms with Crippen LogP contribution in [0.2, 0.25) is 0 Å². The highest BCUT2D eigenvalue weighted by atomic mass is 32.2. The normalized spacial score (nSPS) is 24.6. The van der Waals surface area contributed by atoms with Crippen molar-refractivity contribution in [1.29, 1.82) is 0 Å². The smallest absolute Gasteiger partial charge is 0.247 e. The average molecular weight is 408 g/mol. The summed E-state index contributed by atoms with van der Waals surface area (Å²) in [7, 11) is -3.61. The Kier molecular flexibility index (Phi) is 5.55. The molecule has 1 saturated carbocycles. The molecule has 2 fully saturated rings. The molecule has 0 bridgehead atoms. The molecule has 0 unspecified atom stereocenters. The number of benzene rings is 1. The highest BCUT2D eigenvalue weighted by Gasteiger charge is 2.50. The quantitative estimate of drug-likeness (QED) is 0.824. The van der Waals surface area contributed by atoms with E-state index in [0.717, 1.165) is 47.4 Å². The van der Waals surface area contributed by atoms with E-state index in [1.54, 1.807) is 6.92 Å². The van der Waals surface area contributed by atoms with Gasteiger partial charge in [0, 0.05) is 18.3 Å². The van der Waals surface area contributed by atoms with Crippen molar-refractivity contribution in [2.24, 2.45) is 0 Å². The first kappa shape index (κ1) is 20.8. The van der Waals surface area contributed by atoms with Crippen molar-refractivity contribution in [1.82, 2.24) is 9.62 Å². The zero-order chi connectivity index (χ0) is 20.7. The highest BCUT2D eigenvalue weighted by molar-refractivity contribution is 7.88. The number of anilines is 1. The molecule has 0 aromatic heterocycles. The summed E-state index contributed by atoms with van der Waals surface area (Å²) in [5.74, 6) is -0.705. The van der Waals surface area contributed by atoms with E-state index in [-0.39, 0.29) is 25.0 Å². The van der Waals surface area contributed by atoms with Gasteiger partial charge in [-0.05, 0) is 56.9 Å². The fourth-order valence-corrected chi connectivity index (χ4v) is 4.91. The lowest BCUT2D eigenvalue weighted by Gasteiger charge is -2.47. The molecule has 1 aliphatic carbocycles. The third-order valence-electron chi connectivity index (χ3n) is 5.94. The lowest BCUT2D eigenvalue weighted by molar-refractivity contribution is -0.133. The van der Waals surface area contributed by atoms with Crippen molar-refractivity contribution in [3.05, 3.63) is 29.3 Å². The number of rotatable bonds is 4. The third-order valence-corrected chi connectivity index (χ3v) is 7.13. The number of nitrogens with zero attached hydrogens (tertiary/aromatic N) is 2. The molecule has 1 atom stereocenters. The molecular formula is C20H29N3O4S. The molecule has 0 spiro atoms. The van der Waals surface area contributed by atoms with Crippen LogP contribution in [0.1, 0.15) is 43.7 Å². The van der Waals surface area contributed by atoms with Crippen molar-refractivity contribution < 1.29 is 18.0 Å². The molecule has 1 N–H and O–H groups in total. The maximum Gasteiger partial charge on any atom is 0.247 e. The van der Waals surface area contributed by atoms with Crippen LogP contribution in [-0.4, -0.2) is 55.5 Å². The van der Waals surface area contributed by atoms with Crippen LogP contribution in [0.5, 0.6) is 0 Å². The number of piperazine rings is 1. The van der Waals surface area contributed by atoms with Gasteiger partial charge in [-0.15, -0.1) is 0 Å². The van der Waals surface area contributed by atoms with Crippen molar-refractivity contribution in [2.45, 2.75) is 58.0 Å². The third kappa shape index (κ3) is 3.93. The maximum atomic E-state index is 13.3. The first-order chi connectivity index (χ1) is 13.0. The fourth-order valence-electron chi connectivity index (χ4n) is 4.08. The van der Waals surface area contributed by atoms with Crippen LogP contribution in [0, 0.1) is 13.8 Å². The Hall–Kier alpha value is -1.93. The topological polar surface area (TPSA) is 86.8 Å². The summed E-state index contributed by atoms with van der Waals surface area (Å²) in [6, 6.07) is 5.69. The van der Waals surface area contributed by atoms with Crippen LogP contribution >= 0.6 is 0 Å². The first-order valence-corrected chi connectivity index (χ1v) is 11.5. The van der Waals surface area contributed by atoms with Crippen molar-refractivity contribution in [3.63, 3.8) is 0 Å². The van der Waals surface area contributed by atoms with E-state index < -0.39 is 21.5 Å². The van der Waals surface area contributed by atoms with Crippen LogP contribution in [0.25, 0.3) is 0 Å². The van der Waals surface area contributed by atoms with Crippen molar-refractivity contribution in [2.75, 3.05) is 24.2 Å². The molecule has 1 aromatic carbocycles. The van der Waals surface area contributed by atoms with Crippen LogP contribution in [0.3, 0.4) is 0 Å². The number of sulfonamides is 1. The molecule has 1 aromatic rings. The second kappa shape index (κ2) is 7.48. The van der Waals surface area contributed by atoms with E-state index in [9.17, 15) is 18.0 Å². The number of carbonyl (C=O) groups is 2. The Balaban J connectivity index is 2.02. The van der Waals surface area contributed by atoms with Gasteiger partial charge < -0.3 is 5.32 Å². The van der Waals surface area contributed by atoms with E-state index in [1.165, 1.54) is 4.90 Å². The van der Waals surface area contributed by atoms with Gasteiger partial charge in [-0.1, -0.05) is 18.9 Å². The van der Waals surface area contributed by atoms with Gasteiger partial charge in [0.15, 0.2) is 0 Å². The molecule has 2 amide bonds. The van der Waals surface area contributed by atoms with E-state index in [1.807, 2.05) is 32.0 Å². The predicted molar refractivity (Wildman–Crippen MR) is 109 cm³/mol. The van der Waals surface area contributed by atoms with Crippen LogP contribution in [0.4, 0.5) is 5.69 Å². The lowest BCUT2D eigenvalue weighted by atomic mass is 9.93. The number of carbonyl (C=O) groups excluding carboxylic acids is 2. The molecule has 1 aliphatic heterocycles. The molecular weight excluding hydrogens is 378 g/mol. The molecule has 28 heavy (non-hydrogen) atoms. The SMILES string of the molecule is Cc1ccc(N2C(=O)CN(S(C)(=O)=O)C[C@@]2(C)C(=O)NC2CCCC2)cc1C. The average Bonchev–Trinajstić information content (AvgIpc) is 3.09. The van der Waals surface area contributed by atoms with E-state index in [2.05, 4.69) is 5.32 Å². The summed E-state index contributed by atoms with van der Waals surface area (Å²) in [6.07, 6.45) is 5.03. The monoisotopic (exact) mass is 407 g/mol. The maximum absolute atomic E-state index is 13.3. The summed E-state index contributed by atoms with van der Waals surface area (Å²) < 4.78 is 25.4. The lowest BCUT2D eigenvalue weighted by Crippen LogP contribution is -2.70. The van der Waals surface area contributed by atoms with Gasteiger partial charge in [0.25, 0.3) is 0 Å². The number of aryl methyl sites for hydroxylation is 2. The van der Waals surface area contributed by atoms with E-state index in [4.69, 9.17) is 0 Å². The second-order valence-electron chi connectivity index (χ2n) is 8.26. The van der Waals surface area contributed by atoms with Gasteiger partial charge in [0.05, 0.1) is 12.8 Å². The summed E-state index contributed by atoms with van der Waals surface area (Å²) in [5.41, 5.74) is 1.39. The number of nitrogens with one attached hydrogen (secondary N) is 1. The minimum absolute atomic E-state index is 0.0664. The van der Waals surface area contributed by atoms with Crippen LogP contribution < -0.4 is 10.2 Å². The molecule has 3 rings (SSSR count). The van der Waals surface area contributed by atoms with Gasteiger partial charge in [0.2, 0.25) is 21.8 Å². The number of hydrogen-bond donors (Lipinski definition) is 1. The van der Waals surface area contributed by atoms with Crippen LogP contribution in [0.15, 0.2) is 18.2 Å². The van der Waals surface area contributed by atoms with Crippen LogP contribution in [-0.2, 0) is 19.6 Å². The standard InChI is InChI=1S/C20H29N3O4S/c1-14-9-10-17(11-15(14)2)23-18(24)12-22(28(4,26)27)13-20(23,3)19(25)21-16-7-5-6-8-16/h9-11,16H,5-8,12-13H2,1-4H3,(H,21,25)/t20-/m0/s1. The zero-order valence-corrected chi connectivity index (χ0v) is 17.8. The zero-order valence-electron chi connectivity index (χ0n) is 17.0. The van der Waals surface area contributed by atoms with Gasteiger partial charge in [0.1, 0.15) is 5.54 Å². The molecule has 7 nitrogen and oxygen atoms in total. The van der Waals surface area contributed by atoms with Gasteiger partial charge in [-0.2, -0.15) is 4.31 Å². The summed E-state index contributed by atoms with van der Waals surface area (Å²) in [6.45, 7) is 5.25. The van der Waals surface area contributed by atoms with E-state index >= 15 is 0 Å². The number of amides is 2. The fraction of sp³-hybridized carbons (Fsp3) is 0.600.